The summed E-state index contributed by atoms with van der Waals surface area (Å²) in [5, 5.41) is 0.778. The number of ether oxygens (including phenoxy) is 1. The third-order valence-electron chi connectivity index (χ3n) is 5.78. The summed E-state index contributed by atoms with van der Waals surface area (Å²) in [5.74, 6) is -0.677. The third-order valence-corrected chi connectivity index (χ3v) is 5.78. The van der Waals surface area contributed by atoms with Crippen molar-refractivity contribution in [3.8, 4) is 0 Å². The lowest BCUT2D eigenvalue weighted by atomic mass is 9.90. The molecule has 1 aromatic heterocycles. The lowest BCUT2D eigenvalue weighted by molar-refractivity contribution is -0.140. The van der Waals surface area contributed by atoms with Crippen molar-refractivity contribution in [1.82, 2.24) is 14.8 Å². The molecule has 0 bridgehead atoms. The number of hydrogen-bond acceptors (Lipinski definition) is 5. The van der Waals surface area contributed by atoms with E-state index >= 15 is 0 Å². The van der Waals surface area contributed by atoms with Crippen LogP contribution in [0.3, 0.4) is 0 Å². The van der Waals surface area contributed by atoms with Crippen LogP contribution >= 0.6 is 0 Å². The van der Waals surface area contributed by atoms with Gasteiger partial charge in [-0.3, -0.25) is 14.6 Å². The highest BCUT2D eigenvalue weighted by Crippen LogP contribution is 2.29. The topological polar surface area (TPSA) is 79.8 Å². The molecule has 7 heteroatoms. The Hall–Kier alpha value is -2.96. The molecule has 1 aliphatic heterocycles. The second-order valence-electron chi connectivity index (χ2n) is 7.60. The van der Waals surface area contributed by atoms with E-state index in [1.807, 2.05) is 24.3 Å². The summed E-state index contributed by atoms with van der Waals surface area (Å²) in [7, 11) is 0. The second-order valence-corrected chi connectivity index (χ2v) is 7.60. The minimum absolute atomic E-state index is 0.0119. The molecule has 0 atom stereocenters. The van der Waals surface area contributed by atoms with Crippen molar-refractivity contribution in [2.24, 2.45) is 0 Å². The van der Waals surface area contributed by atoms with E-state index < -0.39 is 5.97 Å². The quantitative estimate of drug-likeness (QED) is 0.743. The molecule has 2 heterocycles. The predicted octanol–water partition coefficient (Wildman–Crippen LogP) is 1.96. The Bertz CT molecular complexity index is 964. The van der Waals surface area contributed by atoms with Crippen LogP contribution < -0.4 is 0 Å². The minimum Gasteiger partial charge on any atom is -0.452 e. The number of piperazine rings is 1. The summed E-state index contributed by atoms with van der Waals surface area (Å²) >= 11 is 0. The lowest BCUT2D eigenvalue weighted by Gasteiger charge is -2.34. The second kappa shape index (κ2) is 8.19. The van der Waals surface area contributed by atoms with Gasteiger partial charge >= 0.3 is 5.97 Å². The van der Waals surface area contributed by atoms with E-state index in [2.05, 4.69) is 0 Å². The van der Waals surface area contributed by atoms with Crippen LogP contribution in [-0.2, 0) is 27.2 Å². The van der Waals surface area contributed by atoms with E-state index in [9.17, 15) is 14.4 Å². The molecular formula is C22H25N3O4. The number of hydrogen-bond donors (Lipinski definition) is 0. The van der Waals surface area contributed by atoms with Crippen molar-refractivity contribution in [2.45, 2.75) is 32.6 Å². The molecule has 1 aromatic carbocycles. The van der Waals surface area contributed by atoms with Gasteiger partial charge in [0, 0.05) is 44.2 Å². The summed E-state index contributed by atoms with van der Waals surface area (Å²) in [6.45, 7) is 3.19. The van der Waals surface area contributed by atoms with Crippen LogP contribution in [-0.4, -0.2) is 65.4 Å². The van der Waals surface area contributed by atoms with Crippen molar-refractivity contribution in [3.63, 3.8) is 0 Å². The first kappa shape index (κ1) is 19.4. The number of para-hydroxylation sites is 1. The molecule has 1 saturated heterocycles. The molecule has 4 rings (SSSR count). The van der Waals surface area contributed by atoms with Gasteiger partial charge in [-0.15, -0.1) is 0 Å². The summed E-state index contributed by atoms with van der Waals surface area (Å²) in [6.07, 6.45) is 3.75. The Kier molecular flexibility index (Phi) is 5.47. The molecule has 0 saturated carbocycles. The molecule has 2 amide bonds. The number of carbonyl (C=O) groups excluding carboxylic acids is 3. The van der Waals surface area contributed by atoms with Crippen molar-refractivity contribution < 1.29 is 19.1 Å². The number of esters is 1. The van der Waals surface area contributed by atoms with Crippen LogP contribution in [0, 0.1) is 0 Å². The number of rotatable bonds is 3. The van der Waals surface area contributed by atoms with Gasteiger partial charge in [-0.2, -0.15) is 0 Å². The van der Waals surface area contributed by atoms with Crippen molar-refractivity contribution >= 4 is 28.7 Å². The first-order valence-electron chi connectivity index (χ1n) is 10.2. The molecule has 0 spiro atoms. The number of amides is 2. The fourth-order valence-electron chi connectivity index (χ4n) is 4.17. The zero-order valence-electron chi connectivity index (χ0n) is 16.6. The highest BCUT2D eigenvalue weighted by molar-refractivity contribution is 6.05. The number of carbonyl (C=O) groups is 3. The first-order valence-corrected chi connectivity index (χ1v) is 10.2. The van der Waals surface area contributed by atoms with Crippen molar-refractivity contribution in [2.75, 3.05) is 32.8 Å². The first-order chi connectivity index (χ1) is 14.0. The fraction of sp³-hybridized carbons (Fsp3) is 0.455. The Morgan fingerprint density at radius 1 is 1.00 bits per heavy atom. The van der Waals surface area contributed by atoms with Crippen LogP contribution in [0.25, 0.3) is 10.9 Å². The summed E-state index contributed by atoms with van der Waals surface area (Å²) in [5.41, 5.74) is 3.27. The highest BCUT2D eigenvalue weighted by atomic mass is 16.5. The zero-order valence-corrected chi connectivity index (χ0v) is 16.6. The van der Waals surface area contributed by atoms with Gasteiger partial charge in [0.25, 0.3) is 5.91 Å². The molecule has 2 aliphatic rings. The Balaban J connectivity index is 1.48. The van der Waals surface area contributed by atoms with Gasteiger partial charge in [-0.25, -0.2) is 4.79 Å². The van der Waals surface area contributed by atoms with E-state index in [1.54, 1.807) is 9.80 Å². The molecule has 0 N–H and O–H groups in total. The number of fused-ring (bicyclic) bond motifs is 2. The molecule has 152 valence electrons. The lowest BCUT2D eigenvalue weighted by Crippen LogP contribution is -2.51. The van der Waals surface area contributed by atoms with Crippen LogP contribution in [0.5, 0.6) is 0 Å². The molecule has 29 heavy (non-hydrogen) atoms. The Morgan fingerprint density at radius 3 is 2.45 bits per heavy atom. The summed E-state index contributed by atoms with van der Waals surface area (Å²) in [6, 6.07) is 7.58. The monoisotopic (exact) mass is 395 g/mol. The number of nitrogens with zero attached hydrogens (tertiary/aromatic N) is 3. The van der Waals surface area contributed by atoms with E-state index in [-0.39, 0.29) is 18.4 Å². The van der Waals surface area contributed by atoms with Gasteiger partial charge in [0.05, 0.1) is 11.1 Å². The molecular weight excluding hydrogens is 370 g/mol. The Morgan fingerprint density at radius 2 is 1.69 bits per heavy atom. The summed E-state index contributed by atoms with van der Waals surface area (Å²) < 4.78 is 5.45. The van der Waals surface area contributed by atoms with E-state index in [4.69, 9.17) is 9.72 Å². The van der Waals surface area contributed by atoms with Gasteiger partial charge in [0.15, 0.2) is 6.61 Å². The van der Waals surface area contributed by atoms with Crippen molar-refractivity contribution in [1.29, 1.82) is 0 Å². The highest BCUT2D eigenvalue weighted by Gasteiger charge is 2.26. The van der Waals surface area contributed by atoms with Gasteiger partial charge in [0.2, 0.25) is 5.91 Å². The number of aromatic nitrogens is 1. The molecule has 0 radical (unpaired) electrons. The predicted molar refractivity (Wildman–Crippen MR) is 108 cm³/mol. The van der Waals surface area contributed by atoms with Crippen LogP contribution in [0.4, 0.5) is 0 Å². The SMILES string of the molecule is CC(=O)N1CCN(C(=O)COC(=O)c2c3c(nc4ccccc24)CCCC3)CC1. The van der Waals surface area contributed by atoms with E-state index in [1.165, 1.54) is 6.92 Å². The standard InChI is InChI=1S/C22H25N3O4/c1-15(26)24-10-12-25(13-11-24)20(27)14-29-22(28)21-16-6-2-4-8-18(16)23-19-9-5-3-7-17(19)21/h2,4,6,8H,3,5,7,9-14H2,1H3. The van der Waals surface area contributed by atoms with Gasteiger partial charge < -0.3 is 14.5 Å². The number of benzene rings is 1. The maximum absolute atomic E-state index is 13.0. The molecule has 0 unspecified atom stereocenters. The van der Waals surface area contributed by atoms with Crippen LogP contribution in [0.1, 0.15) is 41.4 Å². The van der Waals surface area contributed by atoms with Gasteiger partial charge in [0.1, 0.15) is 0 Å². The zero-order chi connectivity index (χ0) is 20.4. The van der Waals surface area contributed by atoms with Crippen LogP contribution in [0.2, 0.25) is 0 Å². The smallest absolute Gasteiger partial charge is 0.339 e. The fourth-order valence-corrected chi connectivity index (χ4v) is 4.17. The average molecular weight is 395 g/mol. The van der Waals surface area contributed by atoms with E-state index in [0.717, 1.165) is 47.8 Å². The molecule has 7 nitrogen and oxygen atoms in total. The normalized spacial score (nSPS) is 16.4. The van der Waals surface area contributed by atoms with Crippen LogP contribution in [0.15, 0.2) is 24.3 Å². The van der Waals surface area contributed by atoms with Gasteiger partial charge in [-0.05, 0) is 37.3 Å². The maximum atomic E-state index is 13.0. The van der Waals surface area contributed by atoms with E-state index in [0.29, 0.717) is 31.7 Å². The average Bonchev–Trinajstić information content (AvgIpc) is 2.75. The molecule has 1 aliphatic carbocycles. The maximum Gasteiger partial charge on any atom is 0.339 e. The number of aryl methyl sites for hydroxylation is 1. The Labute approximate surface area is 169 Å². The largest absolute Gasteiger partial charge is 0.452 e. The minimum atomic E-state index is -0.461. The summed E-state index contributed by atoms with van der Waals surface area (Å²) in [4.78, 5) is 45.0. The van der Waals surface area contributed by atoms with Gasteiger partial charge in [-0.1, -0.05) is 18.2 Å². The molecule has 2 aromatic rings. The molecule has 1 fully saturated rings. The number of pyridine rings is 1. The van der Waals surface area contributed by atoms with Crippen molar-refractivity contribution in [3.05, 3.63) is 41.1 Å². The third kappa shape index (κ3) is 3.95.